The van der Waals surface area contributed by atoms with Gasteiger partial charge in [-0.3, -0.25) is 4.79 Å². The Morgan fingerprint density at radius 3 is 2.13 bits per heavy atom. The number of fused-ring (bicyclic) bond motifs is 4. The molecule has 0 atom stereocenters. The van der Waals surface area contributed by atoms with Crippen LogP contribution >= 0.6 is 0 Å². The molecule has 0 bridgehead atoms. The summed E-state index contributed by atoms with van der Waals surface area (Å²) in [5.74, 6) is 5.45. The van der Waals surface area contributed by atoms with Crippen LogP contribution in [0, 0.1) is 6.07 Å². The van der Waals surface area contributed by atoms with Crippen molar-refractivity contribution in [3.8, 4) is 33.5 Å². The van der Waals surface area contributed by atoms with Crippen LogP contribution in [0.4, 0.5) is 0 Å². The molecule has 0 unspecified atom stereocenters. The SMILES string of the molecule is CC(=O)/C=C(/C)O.CC(C)c1cc(-c2nccc3[c]2[Ge]([CH3])([CH3])[c]2cc(-c4ccc([Si](C)(C)C)cc4)ccc2-3)[c-]c2ccccc12.[Ir]. The Hall–Kier alpha value is -3.09. The van der Waals surface area contributed by atoms with E-state index in [0.29, 0.717) is 5.92 Å². The first kappa shape index (κ1) is 35.8. The maximum Gasteiger partial charge on any atom is 0 e. The van der Waals surface area contributed by atoms with E-state index in [9.17, 15) is 4.79 Å². The molecule has 0 saturated carbocycles. The summed E-state index contributed by atoms with van der Waals surface area (Å²) in [5.41, 5.74) is 9.07. The zero-order valence-corrected chi connectivity index (χ0v) is 33.9. The summed E-state index contributed by atoms with van der Waals surface area (Å²) in [6.07, 6.45) is 3.17. The largest absolute Gasteiger partial charge is 0 e. The molecule has 239 valence electrons. The number of carbonyl (C=O) groups excluding carboxylic acids is 1. The first-order valence-corrected chi connectivity index (χ1v) is 25.6. The van der Waals surface area contributed by atoms with Crippen LogP contribution < -0.4 is 14.0 Å². The number of nitrogens with zero attached hydrogens (tertiary/aromatic N) is 1. The molecule has 3 nitrogen and oxygen atoms in total. The van der Waals surface area contributed by atoms with Crippen LogP contribution in [0.25, 0.3) is 44.3 Å². The zero-order chi connectivity index (χ0) is 32.7. The van der Waals surface area contributed by atoms with Crippen LogP contribution in [0.5, 0.6) is 0 Å². The molecule has 6 rings (SSSR count). The van der Waals surface area contributed by atoms with Gasteiger partial charge >= 0.3 is 232 Å². The van der Waals surface area contributed by atoms with Gasteiger partial charge in [0.2, 0.25) is 0 Å². The van der Waals surface area contributed by atoms with Crippen molar-refractivity contribution < 1.29 is 30.0 Å². The molecule has 5 aromatic rings. The number of aliphatic hydroxyl groups is 1. The number of carbonyl (C=O) groups is 1. The molecule has 0 aliphatic carbocycles. The predicted octanol–water partition coefficient (Wildman–Crippen LogP) is 8.88. The number of pyridine rings is 1. The second-order valence-corrected chi connectivity index (χ2v) is 28.1. The van der Waals surface area contributed by atoms with E-state index in [1.807, 2.05) is 6.20 Å². The molecule has 0 saturated heterocycles. The van der Waals surface area contributed by atoms with E-state index < -0.39 is 21.3 Å². The summed E-state index contributed by atoms with van der Waals surface area (Å²) in [6.45, 7) is 14.6. The predicted molar refractivity (Wildman–Crippen MR) is 198 cm³/mol. The van der Waals surface area contributed by atoms with Crippen LogP contribution in [0.3, 0.4) is 0 Å². The molecule has 0 spiro atoms. The Kier molecular flexibility index (Phi) is 10.8. The van der Waals surface area contributed by atoms with Gasteiger partial charge in [0.05, 0.1) is 5.76 Å². The van der Waals surface area contributed by atoms with Gasteiger partial charge in [-0.25, -0.2) is 0 Å². The molecule has 1 N–H and O–H groups in total. The van der Waals surface area contributed by atoms with Gasteiger partial charge in [-0.1, -0.05) is 0 Å². The maximum absolute atomic E-state index is 10.0. The van der Waals surface area contributed by atoms with E-state index in [1.165, 1.54) is 68.1 Å². The van der Waals surface area contributed by atoms with Gasteiger partial charge in [0.25, 0.3) is 0 Å². The summed E-state index contributed by atoms with van der Waals surface area (Å²) in [5, 5.41) is 12.4. The standard InChI is InChI=1S/C35H36GeNSi.C5H8O2.Ir/c1-23(2)32-21-27(20-26-10-8-9-11-29(26)32)35-34-31(18-19-37-35)30-17-14-25(22-33(30)36(34,3)4)24-12-15-28(16-13-24)38(5,6)7;1-4(6)3-5(2)7;/h8-19,21-23H,1-7H3;3,6H,1-2H3;/q-1;;/b;4-3-;. The van der Waals surface area contributed by atoms with Gasteiger partial charge in [0.15, 0.2) is 5.78 Å². The first-order valence-electron chi connectivity index (χ1n) is 15.8. The van der Waals surface area contributed by atoms with Crippen molar-refractivity contribution in [2.45, 2.75) is 64.8 Å². The van der Waals surface area contributed by atoms with Crippen molar-refractivity contribution in [3.63, 3.8) is 0 Å². The van der Waals surface area contributed by atoms with Crippen LogP contribution in [0.15, 0.2) is 96.9 Å². The van der Waals surface area contributed by atoms with E-state index >= 15 is 0 Å². The van der Waals surface area contributed by atoms with Gasteiger partial charge in [-0.05, 0) is 13.8 Å². The third-order valence-electron chi connectivity index (χ3n) is 8.74. The first-order chi connectivity index (χ1) is 21.2. The summed E-state index contributed by atoms with van der Waals surface area (Å²) in [6, 6.07) is 33.5. The van der Waals surface area contributed by atoms with Crippen molar-refractivity contribution in [2.75, 3.05) is 0 Å². The summed E-state index contributed by atoms with van der Waals surface area (Å²) < 4.78 is 3.06. The zero-order valence-electron chi connectivity index (χ0n) is 28.4. The van der Waals surface area contributed by atoms with Gasteiger partial charge in [0.1, 0.15) is 0 Å². The molecule has 1 radical (unpaired) electrons. The molecule has 6 heteroatoms. The Balaban J connectivity index is 0.000000542. The Bertz CT molecular complexity index is 1930. The van der Waals surface area contributed by atoms with E-state index in [0.717, 1.165) is 11.3 Å². The molecule has 1 aliphatic rings. The third kappa shape index (κ3) is 7.23. The van der Waals surface area contributed by atoms with Crippen molar-refractivity contribution in [3.05, 3.63) is 109 Å². The molecule has 46 heavy (non-hydrogen) atoms. The minimum absolute atomic E-state index is 0. The van der Waals surface area contributed by atoms with Crippen molar-refractivity contribution >= 4 is 51.9 Å². The average Bonchev–Trinajstić information content (AvgIpc) is 3.22. The Morgan fingerprint density at radius 2 is 1.54 bits per heavy atom. The van der Waals surface area contributed by atoms with Gasteiger partial charge < -0.3 is 5.11 Å². The minimum Gasteiger partial charge on any atom is 0 e. The average molecular weight is 864 g/mol. The summed E-state index contributed by atoms with van der Waals surface area (Å²) >= 11 is -2.64. The number of aliphatic hydroxyl groups excluding tert-OH is 1. The van der Waals surface area contributed by atoms with Crippen LogP contribution in [-0.2, 0) is 24.9 Å². The van der Waals surface area contributed by atoms with Crippen molar-refractivity contribution in [1.29, 1.82) is 0 Å². The number of ketones is 1. The second-order valence-electron chi connectivity index (χ2n) is 14.0. The van der Waals surface area contributed by atoms with Gasteiger partial charge in [-0.2, -0.15) is 0 Å². The van der Waals surface area contributed by atoms with Crippen LogP contribution in [0.1, 0.15) is 39.2 Å². The number of benzene rings is 4. The topological polar surface area (TPSA) is 50.2 Å². The fourth-order valence-electron chi connectivity index (χ4n) is 6.45. The molecule has 1 aromatic heterocycles. The van der Waals surface area contributed by atoms with Crippen LogP contribution in [-0.4, -0.2) is 37.2 Å². The summed E-state index contributed by atoms with van der Waals surface area (Å²) in [7, 11) is -1.31. The Labute approximate surface area is 291 Å². The number of allylic oxidation sites excluding steroid dienone is 2. The molecule has 0 amide bonds. The van der Waals surface area contributed by atoms with Crippen molar-refractivity contribution in [2.24, 2.45) is 0 Å². The number of hydrogen-bond acceptors (Lipinski definition) is 3. The van der Waals surface area contributed by atoms with Gasteiger partial charge in [-0.15, -0.1) is 0 Å². The van der Waals surface area contributed by atoms with E-state index in [2.05, 4.69) is 130 Å². The molecule has 1 aliphatic heterocycles. The molecular formula is C40H44GeIrNO2Si-. The maximum atomic E-state index is 10.0. The molecule has 2 heterocycles. The molecular weight excluding hydrogens is 819 g/mol. The number of rotatable bonds is 5. The summed E-state index contributed by atoms with van der Waals surface area (Å²) in [4.78, 5) is 15.1. The fraction of sp³-hybridized carbons (Fsp3) is 0.250. The van der Waals surface area contributed by atoms with E-state index in [4.69, 9.17) is 10.1 Å². The van der Waals surface area contributed by atoms with Gasteiger partial charge in [0, 0.05) is 26.2 Å². The fourth-order valence-corrected chi connectivity index (χ4v) is 14.7. The smallest absolute Gasteiger partial charge is 0 e. The quantitative estimate of drug-likeness (QED) is 0.0832. The normalized spacial score (nSPS) is 13.4. The number of hydrogen-bond donors (Lipinski definition) is 1. The third-order valence-corrected chi connectivity index (χ3v) is 18.2. The van der Waals surface area contributed by atoms with E-state index in [1.54, 1.807) is 4.40 Å². The van der Waals surface area contributed by atoms with Crippen LogP contribution in [0.2, 0.25) is 31.2 Å². The Morgan fingerprint density at radius 1 is 0.891 bits per heavy atom. The van der Waals surface area contributed by atoms with E-state index in [-0.39, 0.29) is 31.6 Å². The minimum atomic E-state index is -2.64. The monoisotopic (exact) mass is 865 g/mol. The van der Waals surface area contributed by atoms with Crippen molar-refractivity contribution in [1.82, 2.24) is 4.98 Å². The second kappa shape index (κ2) is 13.9. The molecule has 0 fully saturated rings. The molecule has 4 aromatic carbocycles. The number of aromatic nitrogens is 1.